The SMILES string of the molecule is C[C@@H](Cc1ccccn1)N(C)CC(=O)NCC1CCCCC1. The topological polar surface area (TPSA) is 45.2 Å². The van der Waals surface area contributed by atoms with Crippen LogP contribution in [0.4, 0.5) is 0 Å². The Kier molecular flexibility index (Phi) is 6.84. The minimum atomic E-state index is 0.140. The number of likely N-dealkylation sites (N-methyl/N-ethyl adjacent to an activating group) is 1. The van der Waals surface area contributed by atoms with Crippen molar-refractivity contribution in [2.75, 3.05) is 20.1 Å². The highest BCUT2D eigenvalue weighted by atomic mass is 16.2. The predicted octanol–water partition coefficient (Wildman–Crippen LogP) is 2.64. The molecule has 0 saturated heterocycles. The minimum absolute atomic E-state index is 0.140. The van der Waals surface area contributed by atoms with E-state index in [9.17, 15) is 4.79 Å². The second kappa shape index (κ2) is 8.89. The van der Waals surface area contributed by atoms with Gasteiger partial charge in [0.15, 0.2) is 0 Å². The van der Waals surface area contributed by atoms with E-state index in [1.54, 1.807) is 0 Å². The highest BCUT2D eigenvalue weighted by Gasteiger charge is 2.17. The van der Waals surface area contributed by atoms with Crippen molar-refractivity contribution in [3.8, 4) is 0 Å². The Labute approximate surface area is 134 Å². The first-order valence-corrected chi connectivity index (χ1v) is 8.52. The maximum absolute atomic E-state index is 12.1. The second-order valence-electron chi connectivity index (χ2n) is 6.60. The first-order chi connectivity index (χ1) is 10.6. The van der Waals surface area contributed by atoms with Crippen molar-refractivity contribution in [1.29, 1.82) is 0 Å². The molecule has 1 aromatic heterocycles. The summed E-state index contributed by atoms with van der Waals surface area (Å²) in [7, 11) is 2.01. The smallest absolute Gasteiger partial charge is 0.234 e. The van der Waals surface area contributed by atoms with E-state index in [0.717, 1.165) is 18.7 Å². The van der Waals surface area contributed by atoms with E-state index < -0.39 is 0 Å². The Morgan fingerprint density at radius 2 is 2.14 bits per heavy atom. The van der Waals surface area contributed by atoms with Crippen molar-refractivity contribution in [3.63, 3.8) is 0 Å². The van der Waals surface area contributed by atoms with E-state index in [4.69, 9.17) is 0 Å². The van der Waals surface area contributed by atoms with Crippen LogP contribution in [0.3, 0.4) is 0 Å². The normalized spacial score (nSPS) is 17.4. The highest BCUT2D eigenvalue weighted by Crippen LogP contribution is 2.22. The quantitative estimate of drug-likeness (QED) is 0.842. The summed E-state index contributed by atoms with van der Waals surface area (Å²) in [6, 6.07) is 6.27. The van der Waals surface area contributed by atoms with Crippen molar-refractivity contribution < 1.29 is 4.79 Å². The van der Waals surface area contributed by atoms with Crippen LogP contribution in [-0.2, 0) is 11.2 Å². The van der Waals surface area contributed by atoms with Crippen LogP contribution in [0.1, 0.15) is 44.7 Å². The van der Waals surface area contributed by atoms with Crippen LogP contribution < -0.4 is 5.32 Å². The van der Waals surface area contributed by atoms with Gasteiger partial charge in [0.25, 0.3) is 0 Å². The zero-order chi connectivity index (χ0) is 15.8. The number of carbonyl (C=O) groups is 1. The molecule has 0 aliphatic heterocycles. The van der Waals surface area contributed by atoms with Crippen molar-refractivity contribution in [2.45, 2.75) is 51.5 Å². The molecule has 1 aliphatic carbocycles. The van der Waals surface area contributed by atoms with Gasteiger partial charge in [-0.3, -0.25) is 14.7 Å². The highest BCUT2D eigenvalue weighted by molar-refractivity contribution is 5.78. The number of pyridine rings is 1. The first kappa shape index (κ1) is 16.9. The summed E-state index contributed by atoms with van der Waals surface area (Å²) >= 11 is 0. The number of rotatable bonds is 7. The van der Waals surface area contributed by atoms with Gasteiger partial charge in [-0.05, 0) is 44.9 Å². The molecule has 22 heavy (non-hydrogen) atoms. The van der Waals surface area contributed by atoms with Crippen molar-refractivity contribution in [3.05, 3.63) is 30.1 Å². The standard InChI is InChI=1S/C18H29N3O/c1-15(12-17-10-6-7-11-19-17)21(2)14-18(22)20-13-16-8-4-3-5-9-16/h6-7,10-11,15-16H,3-5,8-9,12-14H2,1-2H3,(H,20,22)/t15-/m0/s1. The van der Waals surface area contributed by atoms with Gasteiger partial charge in [0.2, 0.25) is 5.91 Å². The van der Waals surface area contributed by atoms with Gasteiger partial charge in [-0.1, -0.05) is 25.3 Å². The fourth-order valence-electron chi connectivity index (χ4n) is 3.07. The Bertz CT molecular complexity index is 443. The van der Waals surface area contributed by atoms with Gasteiger partial charge in [0.05, 0.1) is 6.54 Å². The second-order valence-corrected chi connectivity index (χ2v) is 6.60. The van der Waals surface area contributed by atoms with Gasteiger partial charge < -0.3 is 5.32 Å². The van der Waals surface area contributed by atoms with Crippen LogP contribution in [0.25, 0.3) is 0 Å². The average molecular weight is 303 g/mol. The van der Waals surface area contributed by atoms with Crippen molar-refractivity contribution in [1.82, 2.24) is 15.2 Å². The number of hydrogen-bond donors (Lipinski definition) is 1. The van der Waals surface area contributed by atoms with Gasteiger partial charge in [-0.25, -0.2) is 0 Å². The van der Waals surface area contributed by atoms with Crippen LogP contribution in [0.5, 0.6) is 0 Å². The lowest BCUT2D eigenvalue weighted by molar-refractivity contribution is -0.122. The van der Waals surface area contributed by atoms with E-state index in [1.807, 2.05) is 31.4 Å². The van der Waals surface area contributed by atoms with Gasteiger partial charge in [-0.15, -0.1) is 0 Å². The molecule has 1 fully saturated rings. The minimum Gasteiger partial charge on any atom is -0.355 e. The third-order valence-corrected chi connectivity index (χ3v) is 4.69. The van der Waals surface area contributed by atoms with E-state index in [-0.39, 0.29) is 5.91 Å². The molecule has 0 radical (unpaired) electrons. The predicted molar refractivity (Wildman–Crippen MR) is 89.6 cm³/mol. The summed E-state index contributed by atoms with van der Waals surface area (Å²) in [5, 5.41) is 3.11. The molecular formula is C18H29N3O. The molecule has 0 spiro atoms. The zero-order valence-electron chi connectivity index (χ0n) is 13.9. The number of hydrogen-bond acceptors (Lipinski definition) is 3. The van der Waals surface area contributed by atoms with Gasteiger partial charge in [0, 0.05) is 30.9 Å². The molecule has 0 aromatic carbocycles. The first-order valence-electron chi connectivity index (χ1n) is 8.52. The van der Waals surface area contributed by atoms with E-state index in [1.165, 1.54) is 32.1 Å². The summed E-state index contributed by atoms with van der Waals surface area (Å²) in [6.07, 6.45) is 9.23. The monoisotopic (exact) mass is 303 g/mol. The molecule has 1 N–H and O–H groups in total. The summed E-state index contributed by atoms with van der Waals surface area (Å²) in [5.41, 5.74) is 1.07. The molecule has 1 aromatic rings. The van der Waals surface area contributed by atoms with Crippen LogP contribution in [0, 0.1) is 5.92 Å². The fourth-order valence-corrected chi connectivity index (χ4v) is 3.07. The zero-order valence-corrected chi connectivity index (χ0v) is 13.9. The van der Waals surface area contributed by atoms with E-state index in [0.29, 0.717) is 18.5 Å². The molecule has 0 bridgehead atoms. The number of amides is 1. The summed E-state index contributed by atoms with van der Waals surface area (Å²) in [4.78, 5) is 18.5. The fraction of sp³-hybridized carbons (Fsp3) is 0.667. The number of carbonyl (C=O) groups excluding carboxylic acids is 1. The molecule has 4 nitrogen and oxygen atoms in total. The maximum atomic E-state index is 12.1. The average Bonchev–Trinajstić information content (AvgIpc) is 2.55. The third kappa shape index (κ3) is 5.76. The maximum Gasteiger partial charge on any atom is 0.234 e. The molecule has 2 rings (SSSR count). The van der Waals surface area contributed by atoms with Crippen molar-refractivity contribution in [2.24, 2.45) is 5.92 Å². The molecular weight excluding hydrogens is 274 g/mol. The Balaban J connectivity index is 1.68. The van der Waals surface area contributed by atoms with E-state index >= 15 is 0 Å². The van der Waals surface area contributed by atoms with Gasteiger partial charge in [0.1, 0.15) is 0 Å². The molecule has 1 heterocycles. The third-order valence-electron chi connectivity index (χ3n) is 4.69. The van der Waals surface area contributed by atoms with Gasteiger partial charge in [-0.2, -0.15) is 0 Å². The number of aromatic nitrogens is 1. The molecule has 1 aliphatic rings. The Morgan fingerprint density at radius 3 is 2.82 bits per heavy atom. The lowest BCUT2D eigenvalue weighted by Crippen LogP contribution is -2.41. The number of nitrogens with one attached hydrogen (secondary N) is 1. The van der Waals surface area contributed by atoms with Crippen LogP contribution in [-0.4, -0.2) is 42.0 Å². The van der Waals surface area contributed by atoms with Gasteiger partial charge >= 0.3 is 0 Å². The summed E-state index contributed by atoms with van der Waals surface area (Å²) < 4.78 is 0. The Hall–Kier alpha value is -1.42. The molecule has 1 atom stereocenters. The van der Waals surface area contributed by atoms with Crippen LogP contribution in [0.2, 0.25) is 0 Å². The number of nitrogens with zero attached hydrogens (tertiary/aromatic N) is 2. The van der Waals surface area contributed by atoms with Crippen molar-refractivity contribution >= 4 is 5.91 Å². The summed E-state index contributed by atoms with van der Waals surface area (Å²) in [6.45, 7) is 3.45. The Morgan fingerprint density at radius 1 is 1.36 bits per heavy atom. The molecule has 1 amide bonds. The molecule has 4 heteroatoms. The lowest BCUT2D eigenvalue weighted by Gasteiger charge is -2.25. The molecule has 122 valence electrons. The van der Waals surface area contributed by atoms with Crippen LogP contribution in [0.15, 0.2) is 24.4 Å². The van der Waals surface area contributed by atoms with E-state index in [2.05, 4.69) is 22.1 Å². The molecule has 0 unspecified atom stereocenters. The summed E-state index contributed by atoms with van der Waals surface area (Å²) in [5.74, 6) is 0.829. The molecule has 1 saturated carbocycles. The van der Waals surface area contributed by atoms with Crippen LogP contribution >= 0.6 is 0 Å². The lowest BCUT2D eigenvalue weighted by atomic mass is 9.89. The largest absolute Gasteiger partial charge is 0.355 e.